The molecule has 18 heavy (non-hydrogen) atoms. The van der Waals surface area contributed by atoms with Crippen LogP contribution in [0, 0.1) is 0 Å². The Kier molecular flexibility index (Phi) is 5.63. The van der Waals surface area contributed by atoms with E-state index in [0.717, 1.165) is 5.56 Å². The fourth-order valence-corrected chi connectivity index (χ4v) is 1.58. The molecule has 0 fully saturated rings. The van der Waals surface area contributed by atoms with Crippen LogP contribution in [0.4, 0.5) is 0 Å². The SMILES string of the molecule is CC(C)(C)OC(=O)CCOCc1cccc(Cl)c1. The Morgan fingerprint density at radius 2 is 2.06 bits per heavy atom. The Balaban J connectivity index is 2.21. The van der Waals surface area contributed by atoms with Gasteiger partial charge in [-0.05, 0) is 38.5 Å². The maximum atomic E-state index is 11.4. The molecule has 0 aliphatic rings. The maximum Gasteiger partial charge on any atom is 0.308 e. The Bertz CT molecular complexity index is 396. The van der Waals surface area contributed by atoms with Crippen LogP contribution in [0.1, 0.15) is 32.8 Å². The molecule has 3 nitrogen and oxygen atoms in total. The Hall–Kier alpha value is -1.06. The van der Waals surface area contributed by atoms with Crippen molar-refractivity contribution in [3.05, 3.63) is 34.9 Å². The zero-order valence-corrected chi connectivity index (χ0v) is 11.8. The smallest absolute Gasteiger partial charge is 0.308 e. The number of hydrogen-bond acceptors (Lipinski definition) is 3. The van der Waals surface area contributed by atoms with Gasteiger partial charge in [-0.3, -0.25) is 4.79 Å². The molecule has 0 radical (unpaired) electrons. The second kappa shape index (κ2) is 6.76. The predicted molar refractivity (Wildman–Crippen MR) is 71.6 cm³/mol. The van der Waals surface area contributed by atoms with Crippen molar-refractivity contribution < 1.29 is 14.3 Å². The van der Waals surface area contributed by atoms with Crippen LogP contribution in [0.3, 0.4) is 0 Å². The molecule has 0 atom stereocenters. The zero-order chi connectivity index (χ0) is 13.6. The van der Waals surface area contributed by atoms with E-state index >= 15 is 0 Å². The number of hydrogen-bond donors (Lipinski definition) is 0. The van der Waals surface area contributed by atoms with Crippen molar-refractivity contribution in [2.75, 3.05) is 6.61 Å². The molecule has 0 amide bonds. The van der Waals surface area contributed by atoms with Gasteiger partial charge in [-0.1, -0.05) is 23.7 Å². The van der Waals surface area contributed by atoms with Crippen LogP contribution >= 0.6 is 11.6 Å². The van der Waals surface area contributed by atoms with Gasteiger partial charge in [-0.25, -0.2) is 0 Å². The number of halogens is 1. The normalized spacial score (nSPS) is 11.3. The van der Waals surface area contributed by atoms with Gasteiger partial charge in [0.05, 0.1) is 19.6 Å². The van der Waals surface area contributed by atoms with Gasteiger partial charge in [0.25, 0.3) is 0 Å². The van der Waals surface area contributed by atoms with Gasteiger partial charge in [0.1, 0.15) is 5.60 Å². The van der Waals surface area contributed by atoms with E-state index in [2.05, 4.69) is 0 Å². The van der Waals surface area contributed by atoms with E-state index in [1.807, 2.05) is 45.0 Å². The number of rotatable bonds is 5. The molecule has 1 aromatic rings. The molecule has 0 heterocycles. The molecule has 0 bridgehead atoms. The van der Waals surface area contributed by atoms with Gasteiger partial charge >= 0.3 is 5.97 Å². The summed E-state index contributed by atoms with van der Waals surface area (Å²) in [6.07, 6.45) is 0.262. The number of carbonyl (C=O) groups is 1. The highest BCUT2D eigenvalue weighted by atomic mass is 35.5. The lowest BCUT2D eigenvalue weighted by Crippen LogP contribution is -2.24. The summed E-state index contributed by atoms with van der Waals surface area (Å²) in [5.41, 5.74) is 0.552. The lowest BCUT2D eigenvalue weighted by atomic mass is 10.2. The summed E-state index contributed by atoms with van der Waals surface area (Å²) in [6, 6.07) is 7.45. The molecule has 100 valence electrons. The fourth-order valence-electron chi connectivity index (χ4n) is 1.36. The van der Waals surface area contributed by atoms with E-state index in [4.69, 9.17) is 21.1 Å². The van der Waals surface area contributed by atoms with E-state index in [1.165, 1.54) is 0 Å². The molecule has 1 rings (SSSR count). The van der Waals surface area contributed by atoms with E-state index < -0.39 is 5.60 Å². The number of ether oxygens (including phenoxy) is 2. The summed E-state index contributed by atoms with van der Waals surface area (Å²) in [4.78, 5) is 11.4. The van der Waals surface area contributed by atoms with Crippen LogP contribution in [0.2, 0.25) is 5.02 Å². The first kappa shape index (κ1) is 15.0. The van der Waals surface area contributed by atoms with Crippen molar-refractivity contribution in [3.63, 3.8) is 0 Å². The third kappa shape index (κ3) is 6.62. The number of esters is 1. The van der Waals surface area contributed by atoms with E-state index in [0.29, 0.717) is 18.2 Å². The van der Waals surface area contributed by atoms with E-state index in [9.17, 15) is 4.79 Å². The van der Waals surface area contributed by atoms with E-state index in [1.54, 1.807) is 0 Å². The highest BCUT2D eigenvalue weighted by Crippen LogP contribution is 2.12. The van der Waals surface area contributed by atoms with Crippen molar-refractivity contribution in [1.82, 2.24) is 0 Å². The molecular weight excluding hydrogens is 252 g/mol. The van der Waals surface area contributed by atoms with Gasteiger partial charge in [0.15, 0.2) is 0 Å². The summed E-state index contributed by atoms with van der Waals surface area (Å²) in [6.45, 7) is 6.33. The third-order valence-corrected chi connectivity index (χ3v) is 2.26. The van der Waals surface area contributed by atoms with Crippen LogP contribution in [0.25, 0.3) is 0 Å². The third-order valence-electron chi connectivity index (χ3n) is 2.03. The van der Waals surface area contributed by atoms with Crippen molar-refractivity contribution in [1.29, 1.82) is 0 Å². The summed E-state index contributed by atoms with van der Waals surface area (Å²) in [5.74, 6) is -0.242. The van der Waals surface area contributed by atoms with Crippen molar-refractivity contribution in [2.45, 2.75) is 39.4 Å². The van der Waals surface area contributed by atoms with Crippen LogP contribution in [0.5, 0.6) is 0 Å². The Labute approximate surface area is 113 Å². The Morgan fingerprint density at radius 1 is 1.33 bits per heavy atom. The summed E-state index contributed by atoms with van der Waals surface area (Å²) in [7, 11) is 0. The Morgan fingerprint density at radius 3 is 2.67 bits per heavy atom. The minimum absolute atomic E-state index is 0.242. The molecule has 0 unspecified atom stereocenters. The van der Waals surface area contributed by atoms with Crippen molar-refractivity contribution in [3.8, 4) is 0 Å². The lowest BCUT2D eigenvalue weighted by Gasteiger charge is -2.19. The molecule has 0 N–H and O–H groups in total. The summed E-state index contributed by atoms with van der Waals surface area (Å²) in [5, 5.41) is 0.684. The topological polar surface area (TPSA) is 35.5 Å². The molecule has 0 aliphatic carbocycles. The lowest BCUT2D eigenvalue weighted by molar-refractivity contribution is -0.156. The monoisotopic (exact) mass is 270 g/mol. The molecule has 0 aliphatic heterocycles. The first-order chi connectivity index (χ1) is 8.37. The van der Waals surface area contributed by atoms with Gasteiger partial charge < -0.3 is 9.47 Å². The molecule has 0 aromatic heterocycles. The van der Waals surface area contributed by atoms with Gasteiger partial charge in [0, 0.05) is 5.02 Å². The quantitative estimate of drug-likeness (QED) is 0.606. The highest BCUT2D eigenvalue weighted by molar-refractivity contribution is 6.30. The zero-order valence-electron chi connectivity index (χ0n) is 11.0. The average molecular weight is 271 g/mol. The van der Waals surface area contributed by atoms with Gasteiger partial charge in [-0.15, -0.1) is 0 Å². The number of carbonyl (C=O) groups excluding carboxylic acids is 1. The first-order valence-electron chi connectivity index (χ1n) is 5.91. The van der Waals surface area contributed by atoms with Gasteiger partial charge in [0.2, 0.25) is 0 Å². The molecule has 0 spiro atoms. The van der Waals surface area contributed by atoms with Gasteiger partial charge in [-0.2, -0.15) is 0 Å². The van der Waals surface area contributed by atoms with Crippen LogP contribution in [-0.2, 0) is 20.9 Å². The van der Waals surface area contributed by atoms with Crippen molar-refractivity contribution >= 4 is 17.6 Å². The molecular formula is C14H19ClO3. The standard InChI is InChI=1S/C14H19ClO3/c1-14(2,3)18-13(16)7-8-17-10-11-5-4-6-12(15)9-11/h4-6,9H,7-8,10H2,1-3H3. The van der Waals surface area contributed by atoms with Crippen LogP contribution < -0.4 is 0 Å². The second-order valence-electron chi connectivity index (χ2n) is 5.02. The molecule has 4 heteroatoms. The number of benzene rings is 1. The van der Waals surface area contributed by atoms with Crippen molar-refractivity contribution in [2.24, 2.45) is 0 Å². The minimum Gasteiger partial charge on any atom is -0.460 e. The maximum absolute atomic E-state index is 11.4. The van der Waals surface area contributed by atoms with E-state index in [-0.39, 0.29) is 12.4 Å². The predicted octanol–water partition coefficient (Wildman–Crippen LogP) is 3.59. The summed E-state index contributed by atoms with van der Waals surface area (Å²) < 4.78 is 10.6. The average Bonchev–Trinajstić information content (AvgIpc) is 2.22. The van der Waals surface area contributed by atoms with Crippen LogP contribution in [-0.4, -0.2) is 18.2 Å². The fraction of sp³-hybridized carbons (Fsp3) is 0.500. The van der Waals surface area contributed by atoms with Crippen LogP contribution in [0.15, 0.2) is 24.3 Å². The highest BCUT2D eigenvalue weighted by Gasteiger charge is 2.15. The first-order valence-corrected chi connectivity index (χ1v) is 6.29. The molecule has 0 saturated heterocycles. The largest absolute Gasteiger partial charge is 0.460 e. The minimum atomic E-state index is -0.440. The molecule has 1 aromatic carbocycles. The summed E-state index contributed by atoms with van der Waals surface area (Å²) >= 11 is 5.85. The molecule has 0 saturated carbocycles. The second-order valence-corrected chi connectivity index (χ2v) is 5.46.